The number of carbonyl (C=O) groups is 1. The van der Waals surface area contributed by atoms with Gasteiger partial charge in [-0.05, 0) is 59.9 Å². The Morgan fingerprint density at radius 1 is 0.976 bits per heavy atom. The minimum absolute atomic E-state index is 0. The van der Waals surface area contributed by atoms with E-state index in [1.54, 1.807) is 0 Å². The third kappa shape index (κ3) is 6.01. The molecule has 42 heavy (non-hydrogen) atoms. The number of aliphatic hydroxyl groups excluding tert-OH is 1. The summed E-state index contributed by atoms with van der Waals surface area (Å²) < 4.78 is 6.49. The maximum atomic E-state index is 11.7. The molecule has 4 aromatic rings. The van der Waals surface area contributed by atoms with Crippen molar-refractivity contribution in [3.63, 3.8) is 0 Å². The van der Waals surface area contributed by atoms with E-state index >= 15 is 0 Å². The third-order valence-electron chi connectivity index (χ3n) is 9.01. The standard InChI is InChI=1S/C24H22NO.C13H24O2.Ir/c1-13(2)15-10-11-17-20-19-16(9-8-14(3)22(19)26-23(15)20)21-18(24(17,4)5)7-6-12-25-21;1-5-10(6-2)12(14)9-13(15)11(7-3)8-4;/h6-8,10-13H,1-5H3;9-11,14H,5-8H2,1-4H3;/q-1;;/b;12-9-;. The Labute approximate surface area is 265 Å². The van der Waals surface area contributed by atoms with Crippen LogP contribution in [0, 0.1) is 24.8 Å². The molecule has 0 atom stereocenters. The average molecular weight is 745 g/mol. The number of furan rings is 1. The zero-order chi connectivity index (χ0) is 30.1. The number of ketones is 1. The van der Waals surface area contributed by atoms with Gasteiger partial charge in [0, 0.05) is 49.6 Å². The molecule has 2 aromatic carbocycles. The fraction of sp³-hybridized carbons (Fsp3) is 0.459. The number of carbonyl (C=O) groups excluding carboxylic acids is 1. The van der Waals surface area contributed by atoms with E-state index in [2.05, 4.69) is 58.9 Å². The van der Waals surface area contributed by atoms with E-state index < -0.39 is 0 Å². The molecule has 1 aliphatic rings. The normalized spacial score (nSPS) is 13.8. The van der Waals surface area contributed by atoms with Crippen LogP contribution in [0.1, 0.15) is 109 Å². The molecular weight excluding hydrogens is 699 g/mol. The Hall–Kier alpha value is -2.75. The summed E-state index contributed by atoms with van der Waals surface area (Å²) in [4.78, 5) is 16.5. The van der Waals surface area contributed by atoms with Crippen molar-refractivity contribution in [1.29, 1.82) is 0 Å². The Morgan fingerprint density at radius 3 is 2.21 bits per heavy atom. The van der Waals surface area contributed by atoms with E-state index in [4.69, 9.17) is 9.40 Å². The fourth-order valence-electron chi connectivity index (χ4n) is 6.25. The summed E-state index contributed by atoms with van der Waals surface area (Å²) in [6.07, 6.45) is 6.78. The number of aliphatic hydroxyl groups is 1. The number of hydrogen-bond donors (Lipinski definition) is 1. The van der Waals surface area contributed by atoms with Gasteiger partial charge in [0.25, 0.3) is 0 Å². The number of fused-ring (bicyclic) bond motifs is 2. The van der Waals surface area contributed by atoms with E-state index in [0.717, 1.165) is 53.7 Å². The average Bonchev–Trinajstić information content (AvgIpc) is 3.32. The second-order valence-electron chi connectivity index (χ2n) is 12.2. The van der Waals surface area contributed by atoms with Crippen LogP contribution < -0.4 is 0 Å². The number of aromatic nitrogens is 1. The van der Waals surface area contributed by atoms with Crippen molar-refractivity contribution in [2.45, 2.75) is 99.3 Å². The number of allylic oxidation sites excluding steroid dienone is 2. The van der Waals surface area contributed by atoms with Crippen LogP contribution in [-0.2, 0) is 30.3 Å². The Kier molecular flexibility index (Phi) is 11.0. The van der Waals surface area contributed by atoms with Crippen molar-refractivity contribution in [2.24, 2.45) is 11.8 Å². The van der Waals surface area contributed by atoms with Gasteiger partial charge in [-0.2, -0.15) is 0 Å². The summed E-state index contributed by atoms with van der Waals surface area (Å²) in [7, 11) is 0. The monoisotopic (exact) mass is 745 g/mol. The van der Waals surface area contributed by atoms with Gasteiger partial charge in [-0.25, -0.2) is 0 Å². The first kappa shape index (κ1) is 33.7. The molecule has 1 aliphatic carbocycles. The van der Waals surface area contributed by atoms with Crippen LogP contribution in [-0.4, -0.2) is 15.9 Å². The van der Waals surface area contributed by atoms with Crippen molar-refractivity contribution >= 4 is 27.7 Å². The largest absolute Gasteiger partial charge is 0.512 e. The summed E-state index contributed by atoms with van der Waals surface area (Å²) >= 11 is 0. The molecule has 0 spiro atoms. The molecule has 0 amide bonds. The van der Waals surface area contributed by atoms with E-state index in [9.17, 15) is 9.90 Å². The van der Waals surface area contributed by atoms with Gasteiger partial charge in [-0.15, -0.1) is 17.7 Å². The molecule has 0 saturated carbocycles. The van der Waals surface area contributed by atoms with Gasteiger partial charge in [-0.1, -0.05) is 97.0 Å². The molecule has 0 bridgehead atoms. The maximum absolute atomic E-state index is 11.7. The second-order valence-corrected chi connectivity index (χ2v) is 12.2. The topological polar surface area (TPSA) is 63.3 Å². The summed E-state index contributed by atoms with van der Waals surface area (Å²) in [6, 6.07) is 14.3. The van der Waals surface area contributed by atoms with Gasteiger partial charge in [0.2, 0.25) is 0 Å². The van der Waals surface area contributed by atoms with Crippen molar-refractivity contribution in [3.8, 4) is 11.3 Å². The molecule has 5 heteroatoms. The Balaban J connectivity index is 0.000000263. The number of pyridine rings is 1. The first-order valence-corrected chi connectivity index (χ1v) is 15.3. The summed E-state index contributed by atoms with van der Waals surface area (Å²) in [5.74, 6) is 0.954. The van der Waals surface area contributed by atoms with Crippen LogP contribution in [0.2, 0.25) is 0 Å². The van der Waals surface area contributed by atoms with Gasteiger partial charge in [0.05, 0.1) is 11.3 Å². The van der Waals surface area contributed by atoms with Crippen molar-refractivity contribution in [3.05, 3.63) is 76.7 Å². The first-order valence-electron chi connectivity index (χ1n) is 15.3. The smallest absolute Gasteiger partial charge is 0.162 e. The molecule has 1 radical (unpaired) electrons. The van der Waals surface area contributed by atoms with Crippen molar-refractivity contribution in [2.75, 3.05) is 0 Å². The van der Waals surface area contributed by atoms with Crippen LogP contribution in [0.25, 0.3) is 33.2 Å². The summed E-state index contributed by atoms with van der Waals surface area (Å²) in [5, 5.41) is 12.2. The molecule has 227 valence electrons. The number of aryl methyl sites for hydroxylation is 1. The predicted molar refractivity (Wildman–Crippen MR) is 171 cm³/mol. The van der Waals surface area contributed by atoms with Gasteiger partial charge in [0.15, 0.2) is 5.78 Å². The molecule has 2 aromatic heterocycles. The molecule has 0 saturated heterocycles. The van der Waals surface area contributed by atoms with E-state index in [-0.39, 0.29) is 48.9 Å². The fourth-order valence-corrected chi connectivity index (χ4v) is 6.25. The van der Waals surface area contributed by atoms with Gasteiger partial charge in [-0.3, -0.25) is 4.79 Å². The quantitative estimate of drug-likeness (QED) is 0.111. The number of rotatable bonds is 8. The number of benzene rings is 2. The van der Waals surface area contributed by atoms with E-state index in [0.29, 0.717) is 5.92 Å². The van der Waals surface area contributed by atoms with Crippen molar-refractivity contribution in [1.82, 2.24) is 4.98 Å². The summed E-state index contributed by atoms with van der Waals surface area (Å²) in [5.41, 5.74) is 8.86. The van der Waals surface area contributed by atoms with E-state index in [1.165, 1.54) is 33.5 Å². The van der Waals surface area contributed by atoms with Crippen LogP contribution in [0.4, 0.5) is 0 Å². The predicted octanol–water partition coefficient (Wildman–Crippen LogP) is 10.4. The molecule has 4 nitrogen and oxygen atoms in total. The van der Waals surface area contributed by atoms with E-state index in [1.807, 2.05) is 46.0 Å². The molecule has 5 rings (SSSR count). The van der Waals surface area contributed by atoms with Gasteiger partial charge < -0.3 is 14.5 Å². The Morgan fingerprint density at radius 2 is 1.62 bits per heavy atom. The maximum Gasteiger partial charge on any atom is 0.162 e. The van der Waals surface area contributed by atoms with Crippen LogP contribution in [0.3, 0.4) is 0 Å². The minimum atomic E-state index is -0.158. The third-order valence-corrected chi connectivity index (χ3v) is 9.01. The zero-order valence-corrected chi connectivity index (χ0v) is 29.0. The SMILES string of the molecule is CCC(CC)C(=O)/C=C(\O)C(CC)CC.Cc1c[c-]c2c3c1oc1c(C(C)C)ccc(c13)C(C)(C)c1cccnc1-2.[Ir]. The van der Waals surface area contributed by atoms with Gasteiger partial charge >= 0.3 is 0 Å². The second kappa shape index (κ2) is 13.7. The minimum Gasteiger partial charge on any atom is -0.512 e. The molecule has 0 fully saturated rings. The summed E-state index contributed by atoms with van der Waals surface area (Å²) in [6.45, 7) is 19.2. The molecular formula is C37H46IrNO3-. The first-order chi connectivity index (χ1) is 19.5. The van der Waals surface area contributed by atoms with Crippen LogP contribution in [0.15, 0.2) is 52.8 Å². The van der Waals surface area contributed by atoms with Crippen molar-refractivity contribution < 1.29 is 34.4 Å². The van der Waals surface area contributed by atoms with Gasteiger partial charge in [0.1, 0.15) is 5.58 Å². The zero-order valence-electron chi connectivity index (χ0n) is 26.6. The molecule has 2 heterocycles. The molecule has 0 unspecified atom stereocenters. The number of nitrogens with zero attached hydrogens (tertiary/aromatic N) is 1. The van der Waals surface area contributed by atoms with Crippen LogP contribution >= 0.6 is 0 Å². The molecule has 1 N–H and O–H groups in total. The Bertz CT molecular complexity index is 1590. The number of hydrogen-bond acceptors (Lipinski definition) is 4. The van der Waals surface area contributed by atoms with Crippen LogP contribution in [0.5, 0.6) is 0 Å². The molecule has 0 aliphatic heterocycles.